The lowest BCUT2D eigenvalue weighted by Crippen LogP contribution is -2.33. The predicted molar refractivity (Wildman–Crippen MR) is 82.6 cm³/mol. The summed E-state index contributed by atoms with van der Waals surface area (Å²) in [5, 5.41) is 11.8. The van der Waals surface area contributed by atoms with Crippen molar-refractivity contribution in [3.63, 3.8) is 0 Å². The Labute approximate surface area is 121 Å². The first-order valence-corrected chi connectivity index (χ1v) is 6.99. The number of hydrogen-bond acceptors (Lipinski definition) is 3. The molecule has 0 aliphatic rings. The largest absolute Gasteiger partial charge is 0.493 e. The number of nitrogens with zero attached hydrogens (tertiary/aromatic N) is 1. The number of aryl methyl sites for hydroxylation is 1. The minimum absolute atomic E-state index is 0.231. The molecular formula is C16H26N2O2. The molecule has 1 rings (SSSR count). The molecule has 0 saturated carbocycles. The van der Waals surface area contributed by atoms with Crippen LogP contribution in [0.5, 0.6) is 5.75 Å². The molecule has 3 N–H and O–H groups in total. The quantitative estimate of drug-likeness (QED) is 0.361. The normalized spacial score (nSPS) is 12.8. The molecule has 112 valence electrons. The first kappa shape index (κ1) is 16.3. The van der Waals surface area contributed by atoms with Crippen LogP contribution in [0, 0.1) is 12.3 Å². The summed E-state index contributed by atoms with van der Waals surface area (Å²) in [5.74, 6) is 1.58. The lowest BCUT2D eigenvalue weighted by Gasteiger charge is -2.23. The summed E-state index contributed by atoms with van der Waals surface area (Å²) in [6.07, 6.45) is 0.689. The van der Waals surface area contributed by atoms with Crippen molar-refractivity contribution in [2.45, 2.75) is 47.0 Å². The van der Waals surface area contributed by atoms with Crippen molar-refractivity contribution in [3.05, 3.63) is 29.3 Å². The van der Waals surface area contributed by atoms with E-state index >= 15 is 0 Å². The van der Waals surface area contributed by atoms with Crippen LogP contribution in [0.3, 0.4) is 0 Å². The highest BCUT2D eigenvalue weighted by Gasteiger charge is 2.23. The topological polar surface area (TPSA) is 67.8 Å². The van der Waals surface area contributed by atoms with Gasteiger partial charge in [-0.15, -0.1) is 0 Å². The van der Waals surface area contributed by atoms with Gasteiger partial charge in [0.25, 0.3) is 0 Å². The van der Waals surface area contributed by atoms with Crippen molar-refractivity contribution in [2.75, 3.05) is 6.61 Å². The summed E-state index contributed by atoms with van der Waals surface area (Å²) >= 11 is 0. The van der Waals surface area contributed by atoms with Crippen LogP contribution < -0.4 is 10.5 Å². The molecule has 0 heterocycles. The van der Waals surface area contributed by atoms with Crippen LogP contribution in [0.15, 0.2) is 23.4 Å². The predicted octanol–water partition coefficient (Wildman–Crippen LogP) is 3.66. The summed E-state index contributed by atoms with van der Waals surface area (Å²) < 4.78 is 5.92. The van der Waals surface area contributed by atoms with Gasteiger partial charge in [0, 0.05) is 5.41 Å². The molecule has 0 aromatic heterocycles. The molecule has 4 nitrogen and oxygen atoms in total. The van der Waals surface area contributed by atoms with Crippen LogP contribution >= 0.6 is 0 Å². The van der Waals surface area contributed by atoms with E-state index in [1.54, 1.807) is 0 Å². The Balaban J connectivity index is 2.73. The van der Waals surface area contributed by atoms with Crippen molar-refractivity contribution in [1.82, 2.24) is 0 Å². The SMILES string of the molecule is Cc1ccc(C(C)C)c(OCCC(C)(C)C(N)=NO)c1. The van der Waals surface area contributed by atoms with Gasteiger partial charge in [-0.25, -0.2) is 0 Å². The zero-order chi connectivity index (χ0) is 15.3. The zero-order valence-electron chi connectivity index (χ0n) is 13.1. The molecule has 0 aliphatic heterocycles. The highest BCUT2D eigenvalue weighted by atomic mass is 16.5. The van der Waals surface area contributed by atoms with Gasteiger partial charge in [0.15, 0.2) is 0 Å². The van der Waals surface area contributed by atoms with E-state index in [1.807, 2.05) is 13.8 Å². The van der Waals surface area contributed by atoms with Crippen LogP contribution in [0.1, 0.15) is 51.2 Å². The molecular weight excluding hydrogens is 252 g/mol. The van der Waals surface area contributed by atoms with Crippen molar-refractivity contribution in [1.29, 1.82) is 0 Å². The Morgan fingerprint density at radius 2 is 2.05 bits per heavy atom. The number of benzene rings is 1. The molecule has 0 amide bonds. The van der Waals surface area contributed by atoms with E-state index in [2.05, 4.69) is 44.1 Å². The average molecular weight is 278 g/mol. The van der Waals surface area contributed by atoms with Gasteiger partial charge in [0.2, 0.25) is 0 Å². The maximum absolute atomic E-state index is 8.76. The van der Waals surface area contributed by atoms with Gasteiger partial charge in [-0.05, 0) is 36.5 Å². The van der Waals surface area contributed by atoms with E-state index in [9.17, 15) is 0 Å². The lowest BCUT2D eigenvalue weighted by atomic mass is 9.88. The lowest BCUT2D eigenvalue weighted by molar-refractivity contribution is 0.257. The number of oxime groups is 1. The first-order chi connectivity index (χ1) is 9.27. The Bertz CT molecular complexity index is 479. The van der Waals surface area contributed by atoms with Crippen LogP contribution in [0.4, 0.5) is 0 Å². The van der Waals surface area contributed by atoms with Crippen LogP contribution in [-0.4, -0.2) is 17.6 Å². The van der Waals surface area contributed by atoms with E-state index in [-0.39, 0.29) is 11.3 Å². The van der Waals surface area contributed by atoms with E-state index < -0.39 is 0 Å². The van der Waals surface area contributed by atoms with Gasteiger partial charge >= 0.3 is 0 Å². The molecule has 0 aliphatic carbocycles. The monoisotopic (exact) mass is 278 g/mol. The van der Waals surface area contributed by atoms with Crippen LogP contribution in [0.2, 0.25) is 0 Å². The van der Waals surface area contributed by atoms with Crippen LogP contribution in [0.25, 0.3) is 0 Å². The minimum atomic E-state index is -0.378. The summed E-state index contributed by atoms with van der Waals surface area (Å²) in [5.41, 5.74) is 7.68. The Morgan fingerprint density at radius 1 is 1.40 bits per heavy atom. The van der Waals surface area contributed by atoms with Gasteiger partial charge in [-0.3, -0.25) is 0 Å². The van der Waals surface area contributed by atoms with Crippen LogP contribution in [-0.2, 0) is 0 Å². The third-order valence-corrected chi connectivity index (χ3v) is 3.58. The molecule has 0 bridgehead atoms. The van der Waals surface area contributed by atoms with Crippen molar-refractivity contribution >= 4 is 5.84 Å². The summed E-state index contributed by atoms with van der Waals surface area (Å²) in [6, 6.07) is 6.28. The molecule has 0 unspecified atom stereocenters. The highest BCUT2D eigenvalue weighted by molar-refractivity contribution is 5.85. The third-order valence-electron chi connectivity index (χ3n) is 3.58. The maximum Gasteiger partial charge on any atom is 0.144 e. The smallest absolute Gasteiger partial charge is 0.144 e. The van der Waals surface area contributed by atoms with Crippen molar-refractivity contribution in [2.24, 2.45) is 16.3 Å². The molecule has 1 aromatic rings. The summed E-state index contributed by atoms with van der Waals surface area (Å²) in [6.45, 7) is 10.8. The number of amidine groups is 1. The molecule has 0 spiro atoms. The van der Waals surface area contributed by atoms with E-state index in [1.165, 1.54) is 11.1 Å². The molecule has 0 saturated heterocycles. The average Bonchev–Trinajstić information content (AvgIpc) is 2.37. The Kier molecular flexibility index (Phi) is 5.43. The number of hydrogen-bond donors (Lipinski definition) is 2. The van der Waals surface area contributed by atoms with Gasteiger partial charge in [-0.2, -0.15) is 0 Å². The zero-order valence-corrected chi connectivity index (χ0v) is 13.1. The second-order valence-corrected chi connectivity index (χ2v) is 6.16. The molecule has 20 heavy (non-hydrogen) atoms. The van der Waals surface area contributed by atoms with Gasteiger partial charge in [0.05, 0.1) is 6.61 Å². The van der Waals surface area contributed by atoms with Crippen molar-refractivity contribution < 1.29 is 9.94 Å². The van der Waals surface area contributed by atoms with Gasteiger partial charge < -0.3 is 15.7 Å². The van der Waals surface area contributed by atoms with E-state index in [0.29, 0.717) is 18.9 Å². The van der Waals surface area contributed by atoms with Gasteiger partial charge in [-0.1, -0.05) is 45.0 Å². The van der Waals surface area contributed by atoms with Gasteiger partial charge in [0.1, 0.15) is 11.6 Å². The number of ether oxygens (including phenoxy) is 1. The minimum Gasteiger partial charge on any atom is -0.493 e. The number of nitrogens with two attached hydrogens (primary N) is 1. The second kappa shape index (κ2) is 6.64. The fraction of sp³-hybridized carbons (Fsp3) is 0.562. The number of rotatable bonds is 6. The highest BCUT2D eigenvalue weighted by Crippen LogP contribution is 2.28. The molecule has 1 aromatic carbocycles. The maximum atomic E-state index is 8.76. The Morgan fingerprint density at radius 3 is 2.60 bits per heavy atom. The first-order valence-electron chi connectivity index (χ1n) is 6.99. The Hall–Kier alpha value is -1.71. The fourth-order valence-electron chi connectivity index (χ4n) is 1.92. The fourth-order valence-corrected chi connectivity index (χ4v) is 1.92. The second-order valence-electron chi connectivity index (χ2n) is 6.16. The van der Waals surface area contributed by atoms with Crippen molar-refractivity contribution in [3.8, 4) is 5.75 Å². The standard InChI is InChI=1S/C16H26N2O2/c1-11(2)13-7-6-12(3)10-14(13)20-9-8-16(4,5)15(17)18-19/h6-7,10-11,19H,8-9H2,1-5H3,(H2,17,18). The molecule has 0 radical (unpaired) electrons. The summed E-state index contributed by atoms with van der Waals surface area (Å²) in [7, 11) is 0. The third kappa shape index (κ3) is 4.15. The van der Waals surface area contributed by atoms with E-state index in [4.69, 9.17) is 15.7 Å². The molecule has 0 fully saturated rings. The van der Waals surface area contributed by atoms with E-state index in [0.717, 1.165) is 5.75 Å². The molecule has 4 heteroatoms. The molecule has 0 atom stereocenters. The summed E-state index contributed by atoms with van der Waals surface area (Å²) in [4.78, 5) is 0.